The molecule has 0 bridgehead atoms. The maximum absolute atomic E-state index is 12.4. The van der Waals surface area contributed by atoms with E-state index in [1.807, 2.05) is 12.3 Å². The fraction of sp³-hybridized carbons (Fsp3) is 0.182. The minimum Gasteiger partial charge on any atom is -0.192 e. The van der Waals surface area contributed by atoms with Crippen molar-refractivity contribution < 1.29 is 13.2 Å². The van der Waals surface area contributed by atoms with Crippen LogP contribution in [0.5, 0.6) is 0 Å². The number of hydrogen-bond acceptors (Lipinski definition) is 3. The number of hydrogen-bond donors (Lipinski definition) is 0. The molecule has 1 heterocycles. The van der Waals surface area contributed by atoms with Crippen LogP contribution in [0.1, 0.15) is 5.56 Å². The van der Waals surface area contributed by atoms with Crippen LogP contribution >= 0.6 is 23.3 Å². The molecular weight excluding hydrogens is 267 g/mol. The fourth-order valence-corrected chi connectivity index (χ4v) is 2.47. The summed E-state index contributed by atoms with van der Waals surface area (Å²) in [4.78, 5) is 0. The van der Waals surface area contributed by atoms with Crippen LogP contribution in [0.4, 0.5) is 13.2 Å². The van der Waals surface area contributed by atoms with E-state index in [0.29, 0.717) is 11.3 Å². The minimum atomic E-state index is -4.29. The standard InChI is InChI=1S/C11H8F3NS2/c1-16-10-6-9(15-17-10)7-2-4-8(5-3-7)11(12,13)14/h2-6H,1H3. The minimum absolute atomic E-state index is 0.637. The lowest BCUT2D eigenvalue weighted by Crippen LogP contribution is -2.03. The molecule has 2 aromatic rings. The third kappa shape index (κ3) is 2.81. The van der Waals surface area contributed by atoms with Crippen LogP contribution in [0, 0.1) is 0 Å². The summed E-state index contributed by atoms with van der Waals surface area (Å²) in [5.74, 6) is 0. The normalized spacial score (nSPS) is 11.8. The number of alkyl halides is 3. The quantitative estimate of drug-likeness (QED) is 0.746. The van der Waals surface area contributed by atoms with Crippen LogP contribution in [0.3, 0.4) is 0 Å². The third-order valence-electron chi connectivity index (χ3n) is 2.20. The van der Waals surface area contributed by atoms with Gasteiger partial charge >= 0.3 is 6.18 Å². The zero-order valence-electron chi connectivity index (χ0n) is 8.78. The highest BCUT2D eigenvalue weighted by Crippen LogP contribution is 2.32. The first-order chi connectivity index (χ1) is 8.00. The molecule has 0 unspecified atom stereocenters. The van der Waals surface area contributed by atoms with Gasteiger partial charge in [0, 0.05) is 5.56 Å². The molecule has 0 spiro atoms. The van der Waals surface area contributed by atoms with Gasteiger partial charge in [-0.15, -0.1) is 11.8 Å². The second-order valence-corrected chi connectivity index (χ2v) is 5.22. The van der Waals surface area contributed by atoms with Crippen molar-refractivity contribution >= 4 is 23.3 Å². The number of aromatic nitrogens is 1. The van der Waals surface area contributed by atoms with Crippen LogP contribution in [-0.2, 0) is 6.18 Å². The molecule has 2 rings (SSSR count). The summed E-state index contributed by atoms with van der Waals surface area (Å²) in [6.07, 6.45) is -2.35. The highest BCUT2D eigenvalue weighted by Gasteiger charge is 2.30. The number of nitrogens with zero attached hydrogens (tertiary/aromatic N) is 1. The van der Waals surface area contributed by atoms with E-state index in [2.05, 4.69) is 4.37 Å². The molecule has 0 amide bonds. The van der Waals surface area contributed by atoms with Crippen molar-refractivity contribution in [3.05, 3.63) is 35.9 Å². The van der Waals surface area contributed by atoms with E-state index < -0.39 is 11.7 Å². The number of thioether (sulfide) groups is 1. The molecule has 0 N–H and O–H groups in total. The molecule has 0 radical (unpaired) electrons. The first-order valence-corrected chi connectivity index (χ1v) is 6.69. The summed E-state index contributed by atoms with van der Waals surface area (Å²) in [6, 6.07) is 6.92. The molecule has 0 atom stereocenters. The van der Waals surface area contributed by atoms with E-state index >= 15 is 0 Å². The lowest BCUT2D eigenvalue weighted by atomic mass is 10.1. The smallest absolute Gasteiger partial charge is 0.192 e. The second kappa shape index (κ2) is 4.70. The maximum atomic E-state index is 12.4. The monoisotopic (exact) mass is 275 g/mol. The lowest BCUT2D eigenvalue weighted by molar-refractivity contribution is -0.137. The van der Waals surface area contributed by atoms with Gasteiger partial charge < -0.3 is 0 Å². The van der Waals surface area contributed by atoms with Crippen LogP contribution in [0.15, 0.2) is 34.5 Å². The number of halogens is 3. The van der Waals surface area contributed by atoms with E-state index in [-0.39, 0.29) is 0 Å². The molecule has 0 saturated heterocycles. The molecule has 0 aliphatic heterocycles. The largest absolute Gasteiger partial charge is 0.416 e. The van der Waals surface area contributed by atoms with Crippen LogP contribution in [0.2, 0.25) is 0 Å². The van der Waals surface area contributed by atoms with Gasteiger partial charge in [0.15, 0.2) is 0 Å². The van der Waals surface area contributed by atoms with Crippen molar-refractivity contribution in [3.63, 3.8) is 0 Å². The zero-order chi connectivity index (χ0) is 12.5. The summed E-state index contributed by atoms with van der Waals surface area (Å²) in [5, 5.41) is 0. The van der Waals surface area contributed by atoms with Gasteiger partial charge in [-0.3, -0.25) is 0 Å². The Morgan fingerprint density at radius 1 is 1.18 bits per heavy atom. The number of benzene rings is 1. The van der Waals surface area contributed by atoms with E-state index in [1.54, 1.807) is 11.8 Å². The molecule has 0 saturated carbocycles. The van der Waals surface area contributed by atoms with Crippen molar-refractivity contribution in [3.8, 4) is 11.3 Å². The Bertz CT molecular complexity index is 502. The Labute approximate surface area is 105 Å². The van der Waals surface area contributed by atoms with Crippen LogP contribution in [0.25, 0.3) is 11.3 Å². The van der Waals surface area contributed by atoms with Gasteiger partial charge in [0.2, 0.25) is 0 Å². The highest BCUT2D eigenvalue weighted by atomic mass is 32.2. The summed E-state index contributed by atoms with van der Waals surface area (Å²) >= 11 is 2.91. The Balaban J connectivity index is 2.29. The molecule has 90 valence electrons. The highest BCUT2D eigenvalue weighted by molar-refractivity contribution is 8.00. The Kier molecular flexibility index (Phi) is 3.44. The number of rotatable bonds is 2. The van der Waals surface area contributed by atoms with Gasteiger partial charge in [-0.05, 0) is 36.0 Å². The van der Waals surface area contributed by atoms with E-state index in [1.165, 1.54) is 23.7 Å². The van der Waals surface area contributed by atoms with Crippen molar-refractivity contribution in [1.29, 1.82) is 0 Å². The summed E-state index contributed by atoms with van der Waals surface area (Å²) in [5.41, 5.74) is 0.782. The Morgan fingerprint density at radius 2 is 1.82 bits per heavy atom. The predicted octanol–water partition coefficient (Wildman–Crippen LogP) is 4.55. The van der Waals surface area contributed by atoms with Crippen molar-refractivity contribution in [2.75, 3.05) is 6.26 Å². The Morgan fingerprint density at radius 3 is 2.29 bits per heavy atom. The van der Waals surface area contributed by atoms with Gasteiger partial charge in [0.25, 0.3) is 0 Å². The van der Waals surface area contributed by atoms with Gasteiger partial charge in [-0.1, -0.05) is 12.1 Å². The average molecular weight is 275 g/mol. The molecule has 17 heavy (non-hydrogen) atoms. The molecule has 1 aromatic carbocycles. The fourth-order valence-electron chi connectivity index (χ4n) is 1.32. The van der Waals surface area contributed by atoms with Gasteiger partial charge in [-0.25, -0.2) is 0 Å². The van der Waals surface area contributed by atoms with Gasteiger partial charge in [-0.2, -0.15) is 17.5 Å². The summed E-state index contributed by atoms with van der Waals surface area (Å²) < 4.78 is 42.3. The third-order valence-corrected chi connectivity index (χ3v) is 4.03. The summed E-state index contributed by atoms with van der Waals surface area (Å²) in [6.45, 7) is 0. The van der Waals surface area contributed by atoms with Crippen LogP contribution < -0.4 is 0 Å². The average Bonchev–Trinajstić information content (AvgIpc) is 2.76. The van der Waals surface area contributed by atoms with E-state index in [9.17, 15) is 13.2 Å². The van der Waals surface area contributed by atoms with Crippen molar-refractivity contribution in [1.82, 2.24) is 4.37 Å². The summed E-state index contributed by atoms with van der Waals surface area (Å²) in [7, 11) is 0. The molecule has 1 nitrogen and oxygen atoms in total. The predicted molar refractivity (Wildman–Crippen MR) is 64.3 cm³/mol. The Hall–Kier alpha value is -1.01. The molecular formula is C11H8F3NS2. The van der Waals surface area contributed by atoms with Crippen molar-refractivity contribution in [2.45, 2.75) is 10.4 Å². The topological polar surface area (TPSA) is 12.9 Å². The lowest BCUT2D eigenvalue weighted by Gasteiger charge is -2.06. The molecule has 6 heteroatoms. The molecule has 0 aliphatic carbocycles. The molecule has 0 fully saturated rings. The van der Waals surface area contributed by atoms with Crippen LogP contribution in [-0.4, -0.2) is 10.6 Å². The van der Waals surface area contributed by atoms with E-state index in [4.69, 9.17) is 0 Å². The second-order valence-electron chi connectivity index (χ2n) is 3.31. The zero-order valence-corrected chi connectivity index (χ0v) is 10.4. The molecule has 0 aliphatic rings. The maximum Gasteiger partial charge on any atom is 0.416 e. The first kappa shape index (κ1) is 12.4. The van der Waals surface area contributed by atoms with Gasteiger partial charge in [0.05, 0.1) is 15.5 Å². The first-order valence-electron chi connectivity index (χ1n) is 4.69. The van der Waals surface area contributed by atoms with E-state index in [0.717, 1.165) is 16.3 Å². The molecule has 1 aromatic heterocycles. The van der Waals surface area contributed by atoms with Crippen molar-refractivity contribution in [2.24, 2.45) is 0 Å². The SMILES string of the molecule is CSc1cc(-c2ccc(C(F)(F)F)cc2)ns1. The van der Waals surface area contributed by atoms with Gasteiger partial charge in [0.1, 0.15) is 0 Å².